The van der Waals surface area contributed by atoms with Gasteiger partial charge in [-0.15, -0.1) is 17.4 Å². The zero-order chi connectivity index (χ0) is 7.40. The van der Waals surface area contributed by atoms with Crippen molar-refractivity contribution in [1.29, 1.82) is 0 Å². The molecule has 0 aliphatic rings. The highest BCUT2D eigenvalue weighted by Gasteiger charge is 2.05. The smallest absolute Gasteiger partial charge is 0.100 e. The molecule has 4 nitrogen and oxygen atoms in total. The highest BCUT2D eigenvalue weighted by Crippen LogP contribution is 2.06. The summed E-state index contributed by atoms with van der Waals surface area (Å²) in [6.07, 6.45) is 7.18. The van der Waals surface area contributed by atoms with Crippen LogP contribution in [0.4, 0.5) is 0 Å². The van der Waals surface area contributed by atoms with Crippen molar-refractivity contribution in [2.75, 3.05) is 0 Å². The normalized spacial score (nSPS) is 12.4. The fourth-order valence-electron chi connectivity index (χ4n) is 0.623. The highest BCUT2D eigenvalue weighted by atomic mass is 15.3. The van der Waals surface area contributed by atoms with Crippen molar-refractivity contribution in [2.45, 2.75) is 12.5 Å². The van der Waals surface area contributed by atoms with Crippen LogP contribution in [0.3, 0.4) is 0 Å². The molecule has 1 rings (SSSR count). The van der Waals surface area contributed by atoms with E-state index in [1.165, 1.54) is 0 Å². The third-order valence-corrected chi connectivity index (χ3v) is 1.15. The van der Waals surface area contributed by atoms with Crippen molar-refractivity contribution >= 4 is 0 Å². The second-order valence-corrected chi connectivity index (χ2v) is 1.91. The van der Waals surface area contributed by atoms with Gasteiger partial charge < -0.3 is 5.73 Å². The van der Waals surface area contributed by atoms with Gasteiger partial charge in [0.15, 0.2) is 0 Å². The quantitative estimate of drug-likeness (QED) is 0.554. The summed E-state index contributed by atoms with van der Waals surface area (Å²) < 4.78 is 0. The van der Waals surface area contributed by atoms with Crippen LogP contribution in [-0.2, 0) is 0 Å². The Bertz CT molecular complexity index is 220. The van der Waals surface area contributed by atoms with Gasteiger partial charge in [-0.05, 0) is 0 Å². The molecule has 0 radical (unpaired) electrons. The van der Waals surface area contributed by atoms with E-state index in [0.29, 0.717) is 12.1 Å². The molecule has 1 aromatic heterocycles. The van der Waals surface area contributed by atoms with Crippen LogP contribution in [0.5, 0.6) is 0 Å². The molecular formula is C6H8N4. The fraction of sp³-hybridized carbons (Fsp3) is 0.333. The van der Waals surface area contributed by atoms with Crippen LogP contribution in [0.25, 0.3) is 0 Å². The number of nitrogens with two attached hydrogens (primary N) is 1. The minimum absolute atomic E-state index is 0.191. The number of hydrogen-bond acceptors (Lipinski definition) is 3. The van der Waals surface area contributed by atoms with E-state index in [1.807, 2.05) is 0 Å². The van der Waals surface area contributed by atoms with E-state index < -0.39 is 0 Å². The molecule has 0 amide bonds. The second kappa shape index (κ2) is 2.99. The lowest BCUT2D eigenvalue weighted by molar-refractivity contribution is 0.718. The van der Waals surface area contributed by atoms with Gasteiger partial charge in [-0.3, -0.25) is 5.10 Å². The SMILES string of the molecule is C#CC[C@H](N)c1c[nH]nn1. The number of hydrogen-bond donors (Lipinski definition) is 2. The van der Waals surface area contributed by atoms with Crippen molar-refractivity contribution in [3.8, 4) is 12.3 Å². The molecule has 0 unspecified atom stereocenters. The summed E-state index contributed by atoms with van der Waals surface area (Å²) in [5.74, 6) is 2.45. The van der Waals surface area contributed by atoms with E-state index in [9.17, 15) is 0 Å². The predicted molar refractivity (Wildman–Crippen MR) is 36.8 cm³/mol. The van der Waals surface area contributed by atoms with Gasteiger partial charge in [-0.25, -0.2) is 0 Å². The summed E-state index contributed by atoms with van der Waals surface area (Å²) in [6.45, 7) is 0. The third-order valence-electron chi connectivity index (χ3n) is 1.15. The summed E-state index contributed by atoms with van der Waals surface area (Å²) in [4.78, 5) is 0. The zero-order valence-electron chi connectivity index (χ0n) is 5.41. The number of aromatic amines is 1. The van der Waals surface area contributed by atoms with Gasteiger partial charge in [-0.1, -0.05) is 5.21 Å². The first-order valence-electron chi connectivity index (χ1n) is 2.90. The number of terminal acetylenes is 1. The Morgan fingerprint density at radius 3 is 3.20 bits per heavy atom. The number of nitrogens with one attached hydrogen (secondary N) is 1. The summed E-state index contributed by atoms with van der Waals surface area (Å²) >= 11 is 0. The molecular weight excluding hydrogens is 128 g/mol. The van der Waals surface area contributed by atoms with Crippen LogP contribution in [0.2, 0.25) is 0 Å². The Morgan fingerprint density at radius 1 is 1.90 bits per heavy atom. The van der Waals surface area contributed by atoms with E-state index >= 15 is 0 Å². The van der Waals surface area contributed by atoms with E-state index in [-0.39, 0.29) is 6.04 Å². The first kappa shape index (κ1) is 6.78. The van der Waals surface area contributed by atoms with E-state index in [4.69, 9.17) is 12.2 Å². The van der Waals surface area contributed by atoms with Gasteiger partial charge >= 0.3 is 0 Å². The van der Waals surface area contributed by atoms with Crippen molar-refractivity contribution in [2.24, 2.45) is 5.73 Å². The maximum absolute atomic E-state index is 5.58. The monoisotopic (exact) mass is 136 g/mol. The molecule has 10 heavy (non-hydrogen) atoms. The Morgan fingerprint density at radius 2 is 2.70 bits per heavy atom. The van der Waals surface area contributed by atoms with Crippen LogP contribution in [-0.4, -0.2) is 15.4 Å². The number of aromatic nitrogens is 3. The summed E-state index contributed by atoms with van der Waals surface area (Å²) in [6, 6.07) is -0.191. The topological polar surface area (TPSA) is 67.6 Å². The molecule has 0 saturated heterocycles. The minimum atomic E-state index is -0.191. The molecule has 4 heteroatoms. The molecule has 0 fully saturated rings. The van der Waals surface area contributed by atoms with Gasteiger partial charge in [0, 0.05) is 12.6 Å². The first-order chi connectivity index (χ1) is 4.84. The zero-order valence-corrected chi connectivity index (χ0v) is 5.41. The van der Waals surface area contributed by atoms with Crippen LogP contribution in [0, 0.1) is 12.3 Å². The van der Waals surface area contributed by atoms with E-state index in [2.05, 4.69) is 21.3 Å². The van der Waals surface area contributed by atoms with Crippen LogP contribution >= 0.6 is 0 Å². The minimum Gasteiger partial charge on any atom is -0.322 e. The Balaban J connectivity index is 2.61. The maximum Gasteiger partial charge on any atom is 0.100 e. The first-order valence-corrected chi connectivity index (χ1v) is 2.90. The molecule has 1 aromatic rings. The summed E-state index contributed by atoms with van der Waals surface area (Å²) in [5, 5.41) is 9.77. The number of rotatable bonds is 2. The van der Waals surface area contributed by atoms with Crippen molar-refractivity contribution in [3.63, 3.8) is 0 Å². The van der Waals surface area contributed by atoms with Gasteiger partial charge in [0.2, 0.25) is 0 Å². The maximum atomic E-state index is 5.58. The van der Waals surface area contributed by atoms with Crippen LogP contribution in [0.1, 0.15) is 18.2 Å². The lowest BCUT2D eigenvalue weighted by Gasteiger charge is -1.99. The molecule has 52 valence electrons. The third kappa shape index (κ3) is 1.33. The van der Waals surface area contributed by atoms with Gasteiger partial charge in [0.05, 0.1) is 6.04 Å². The lowest BCUT2D eigenvalue weighted by Crippen LogP contribution is -2.09. The molecule has 0 aliphatic carbocycles. The van der Waals surface area contributed by atoms with Gasteiger partial charge in [-0.2, -0.15) is 0 Å². The molecule has 1 atom stereocenters. The molecule has 3 N–H and O–H groups in total. The Hall–Kier alpha value is -1.34. The molecule has 0 aliphatic heterocycles. The largest absolute Gasteiger partial charge is 0.322 e. The average Bonchev–Trinajstić information content (AvgIpc) is 2.38. The van der Waals surface area contributed by atoms with Gasteiger partial charge in [0.25, 0.3) is 0 Å². The van der Waals surface area contributed by atoms with Gasteiger partial charge in [0.1, 0.15) is 5.69 Å². The second-order valence-electron chi connectivity index (χ2n) is 1.91. The Kier molecular flexibility index (Phi) is 2.03. The molecule has 0 spiro atoms. The molecule has 0 aromatic carbocycles. The fourth-order valence-corrected chi connectivity index (χ4v) is 0.623. The highest BCUT2D eigenvalue weighted by molar-refractivity contribution is 5.03. The molecule has 0 bridgehead atoms. The number of nitrogens with zero attached hydrogens (tertiary/aromatic N) is 2. The summed E-state index contributed by atoms with van der Waals surface area (Å²) in [5.41, 5.74) is 6.29. The molecule has 0 saturated carbocycles. The van der Waals surface area contributed by atoms with Crippen LogP contribution in [0.15, 0.2) is 6.20 Å². The van der Waals surface area contributed by atoms with Crippen LogP contribution < -0.4 is 5.73 Å². The van der Waals surface area contributed by atoms with Crippen molar-refractivity contribution < 1.29 is 0 Å². The lowest BCUT2D eigenvalue weighted by atomic mass is 10.2. The molecule has 1 heterocycles. The predicted octanol–water partition coefficient (Wildman–Crippen LogP) is -0.172. The standard InChI is InChI=1S/C6H8N4/c1-2-3-5(7)6-4-8-10-9-6/h1,4-5H,3,7H2,(H,8,9,10)/t5-/m0/s1. The average molecular weight is 136 g/mol. The van der Waals surface area contributed by atoms with Crippen molar-refractivity contribution in [3.05, 3.63) is 11.9 Å². The Labute approximate surface area is 58.8 Å². The van der Waals surface area contributed by atoms with E-state index in [1.54, 1.807) is 6.20 Å². The summed E-state index contributed by atoms with van der Waals surface area (Å²) in [7, 11) is 0. The van der Waals surface area contributed by atoms with E-state index in [0.717, 1.165) is 0 Å². The number of H-pyrrole nitrogens is 1. The van der Waals surface area contributed by atoms with Crippen molar-refractivity contribution in [1.82, 2.24) is 15.4 Å².